The van der Waals surface area contributed by atoms with E-state index in [1.807, 2.05) is 0 Å². The average molecular weight is 162 g/mol. The predicted molar refractivity (Wildman–Crippen MR) is 37.5 cm³/mol. The molecule has 0 saturated carbocycles. The topological polar surface area (TPSA) is 46.2 Å². The van der Waals surface area contributed by atoms with Crippen molar-refractivity contribution < 1.29 is 9.50 Å². The first kappa shape index (κ1) is 7.15. The molecule has 1 rings (SSSR count). The van der Waals surface area contributed by atoms with Gasteiger partial charge in [0.1, 0.15) is 0 Å². The number of phenolic OH excluding ortho intramolecular Hbond substituents is 1. The van der Waals surface area contributed by atoms with Crippen LogP contribution in [-0.4, -0.2) is 5.11 Å². The number of rotatable bonds is 0. The van der Waals surface area contributed by atoms with Crippen molar-refractivity contribution in [2.75, 3.05) is 5.73 Å². The second kappa shape index (κ2) is 2.34. The van der Waals surface area contributed by atoms with Crippen LogP contribution in [0.4, 0.5) is 10.1 Å². The minimum atomic E-state index is -0.868. The Labute approximate surface area is 62.0 Å². The first-order chi connectivity index (χ1) is 4.63. The predicted octanol–water partition coefficient (Wildman–Crippen LogP) is 1.77. The van der Waals surface area contributed by atoms with Gasteiger partial charge in [-0.2, -0.15) is 0 Å². The second-order valence-corrected chi connectivity index (χ2v) is 2.20. The molecule has 1 aromatic carbocycles. The zero-order valence-corrected chi connectivity index (χ0v) is 5.69. The summed E-state index contributed by atoms with van der Waals surface area (Å²) in [5, 5.41) is 8.82. The van der Waals surface area contributed by atoms with Crippen molar-refractivity contribution in [2.45, 2.75) is 0 Å². The van der Waals surface area contributed by atoms with Crippen LogP contribution in [0.15, 0.2) is 12.1 Å². The Morgan fingerprint density at radius 2 is 2.10 bits per heavy atom. The molecule has 0 aliphatic heterocycles. The van der Waals surface area contributed by atoms with E-state index in [0.717, 1.165) is 6.07 Å². The second-order valence-electron chi connectivity index (χ2n) is 1.79. The van der Waals surface area contributed by atoms with Crippen molar-refractivity contribution in [1.29, 1.82) is 0 Å². The molecule has 0 aliphatic carbocycles. The van der Waals surface area contributed by atoms with Gasteiger partial charge in [-0.15, -0.1) is 0 Å². The van der Waals surface area contributed by atoms with E-state index in [-0.39, 0.29) is 10.7 Å². The van der Waals surface area contributed by atoms with Crippen LogP contribution in [0.3, 0.4) is 0 Å². The van der Waals surface area contributed by atoms with Gasteiger partial charge in [0.05, 0.1) is 10.7 Å². The third-order valence-corrected chi connectivity index (χ3v) is 1.44. The monoisotopic (exact) mass is 161 g/mol. The Hall–Kier alpha value is -0.960. The highest BCUT2D eigenvalue weighted by Crippen LogP contribution is 2.27. The highest BCUT2D eigenvalue weighted by atomic mass is 35.5. The third kappa shape index (κ3) is 0.998. The molecule has 0 aliphatic rings. The summed E-state index contributed by atoms with van der Waals surface area (Å²) in [5.74, 6) is -1.35. The number of anilines is 1. The SMILES string of the molecule is Nc1c(Cl)ccc(O)c1F. The van der Waals surface area contributed by atoms with Gasteiger partial charge >= 0.3 is 0 Å². The molecule has 10 heavy (non-hydrogen) atoms. The van der Waals surface area contributed by atoms with E-state index in [9.17, 15) is 4.39 Å². The smallest absolute Gasteiger partial charge is 0.189 e. The number of nitrogen functional groups attached to an aromatic ring is 1. The summed E-state index contributed by atoms with van der Waals surface area (Å²) in [6.45, 7) is 0. The molecule has 0 spiro atoms. The molecule has 0 heterocycles. The Balaban J connectivity index is 3.34. The maximum Gasteiger partial charge on any atom is 0.189 e. The van der Waals surface area contributed by atoms with Gasteiger partial charge in [0, 0.05) is 0 Å². The lowest BCUT2D eigenvalue weighted by Gasteiger charge is -1.99. The molecule has 3 N–H and O–H groups in total. The summed E-state index contributed by atoms with van der Waals surface area (Å²) < 4.78 is 12.5. The van der Waals surface area contributed by atoms with E-state index in [1.165, 1.54) is 6.07 Å². The normalized spacial score (nSPS) is 9.80. The van der Waals surface area contributed by atoms with Gasteiger partial charge in [-0.05, 0) is 12.1 Å². The Bertz CT molecular complexity index is 237. The van der Waals surface area contributed by atoms with E-state index < -0.39 is 11.6 Å². The van der Waals surface area contributed by atoms with Crippen molar-refractivity contribution in [1.82, 2.24) is 0 Å². The fourth-order valence-electron chi connectivity index (χ4n) is 0.558. The minimum absolute atomic E-state index is 0.107. The zero-order chi connectivity index (χ0) is 7.72. The molecule has 0 saturated heterocycles. The van der Waals surface area contributed by atoms with Gasteiger partial charge in [0.2, 0.25) is 0 Å². The molecule has 0 unspecified atom stereocenters. The van der Waals surface area contributed by atoms with Crippen LogP contribution < -0.4 is 5.73 Å². The van der Waals surface area contributed by atoms with Gasteiger partial charge in [0.15, 0.2) is 11.6 Å². The average Bonchev–Trinajstić information content (AvgIpc) is 1.93. The standard InChI is InChI=1S/C6H5ClFNO/c7-3-1-2-4(10)5(8)6(3)9/h1-2,10H,9H2. The number of benzene rings is 1. The maximum atomic E-state index is 12.5. The number of phenols is 1. The van der Waals surface area contributed by atoms with Crippen molar-refractivity contribution in [2.24, 2.45) is 0 Å². The van der Waals surface area contributed by atoms with Crippen LogP contribution >= 0.6 is 11.6 Å². The van der Waals surface area contributed by atoms with Crippen LogP contribution in [-0.2, 0) is 0 Å². The largest absolute Gasteiger partial charge is 0.505 e. The molecule has 0 atom stereocenters. The molecule has 0 fully saturated rings. The van der Waals surface area contributed by atoms with Crippen molar-refractivity contribution in [3.05, 3.63) is 23.0 Å². The fraction of sp³-hybridized carbons (Fsp3) is 0. The van der Waals surface area contributed by atoms with Gasteiger partial charge in [-0.25, -0.2) is 4.39 Å². The van der Waals surface area contributed by atoms with Gasteiger partial charge in [-0.3, -0.25) is 0 Å². The first-order valence-corrected chi connectivity index (χ1v) is 2.93. The van der Waals surface area contributed by atoms with E-state index in [2.05, 4.69) is 0 Å². The molecule has 0 bridgehead atoms. The van der Waals surface area contributed by atoms with Gasteiger partial charge < -0.3 is 10.8 Å². The molecular weight excluding hydrogens is 157 g/mol. The van der Waals surface area contributed by atoms with Crippen LogP contribution in [0, 0.1) is 5.82 Å². The highest BCUT2D eigenvalue weighted by Gasteiger charge is 2.06. The first-order valence-electron chi connectivity index (χ1n) is 2.55. The summed E-state index contributed by atoms with van der Waals surface area (Å²) >= 11 is 5.41. The lowest BCUT2D eigenvalue weighted by atomic mass is 10.3. The molecule has 0 radical (unpaired) electrons. The quantitative estimate of drug-likeness (QED) is 0.570. The highest BCUT2D eigenvalue weighted by molar-refractivity contribution is 6.33. The molecule has 54 valence electrons. The summed E-state index contributed by atoms with van der Waals surface area (Å²) in [4.78, 5) is 0. The summed E-state index contributed by atoms with van der Waals surface area (Å²) in [6.07, 6.45) is 0. The molecule has 2 nitrogen and oxygen atoms in total. The number of aromatic hydroxyl groups is 1. The van der Waals surface area contributed by atoms with Crippen LogP contribution in [0.2, 0.25) is 5.02 Å². The number of hydrogen-bond donors (Lipinski definition) is 2. The fourth-order valence-corrected chi connectivity index (χ4v) is 0.704. The van der Waals surface area contributed by atoms with E-state index in [0.29, 0.717) is 0 Å². The van der Waals surface area contributed by atoms with E-state index in [4.69, 9.17) is 22.4 Å². The van der Waals surface area contributed by atoms with E-state index >= 15 is 0 Å². The van der Waals surface area contributed by atoms with Crippen LogP contribution in [0.1, 0.15) is 0 Å². The van der Waals surface area contributed by atoms with E-state index in [1.54, 1.807) is 0 Å². The van der Waals surface area contributed by atoms with Gasteiger partial charge in [0.25, 0.3) is 0 Å². The minimum Gasteiger partial charge on any atom is -0.505 e. The molecular formula is C6H5ClFNO. The lowest BCUT2D eigenvalue weighted by Crippen LogP contribution is -1.91. The van der Waals surface area contributed by atoms with Crippen molar-refractivity contribution in [3.8, 4) is 5.75 Å². The van der Waals surface area contributed by atoms with Gasteiger partial charge in [-0.1, -0.05) is 11.6 Å². The number of halogens is 2. The number of nitrogens with two attached hydrogens (primary N) is 1. The van der Waals surface area contributed by atoms with Crippen molar-refractivity contribution >= 4 is 17.3 Å². The van der Waals surface area contributed by atoms with Crippen molar-refractivity contribution in [3.63, 3.8) is 0 Å². The molecule has 0 amide bonds. The Kier molecular flexibility index (Phi) is 1.68. The van der Waals surface area contributed by atoms with Crippen LogP contribution in [0.25, 0.3) is 0 Å². The maximum absolute atomic E-state index is 12.5. The molecule has 1 aromatic rings. The zero-order valence-electron chi connectivity index (χ0n) is 4.94. The summed E-state index contributed by atoms with van der Waals surface area (Å²) in [5.41, 5.74) is 4.90. The summed E-state index contributed by atoms with van der Waals surface area (Å²) in [6, 6.07) is 2.48. The lowest BCUT2D eigenvalue weighted by molar-refractivity contribution is 0.434. The summed E-state index contributed by atoms with van der Waals surface area (Å²) in [7, 11) is 0. The molecule has 0 aromatic heterocycles. The number of hydrogen-bond acceptors (Lipinski definition) is 2. The third-order valence-electron chi connectivity index (χ3n) is 1.11. The Morgan fingerprint density at radius 3 is 2.60 bits per heavy atom. The van der Waals surface area contributed by atoms with Crippen LogP contribution in [0.5, 0.6) is 5.75 Å². The Morgan fingerprint density at radius 1 is 1.50 bits per heavy atom. The molecule has 4 heteroatoms.